The van der Waals surface area contributed by atoms with E-state index in [0.29, 0.717) is 21.4 Å². The zero-order chi connectivity index (χ0) is 24.5. The first-order chi connectivity index (χ1) is 16.3. The molecule has 0 aromatic heterocycles. The molecule has 0 aliphatic heterocycles. The van der Waals surface area contributed by atoms with Gasteiger partial charge in [0.05, 0.1) is 11.2 Å². The van der Waals surface area contributed by atoms with E-state index in [1.165, 1.54) is 12.3 Å². The summed E-state index contributed by atoms with van der Waals surface area (Å²) in [5, 5.41) is 7.94. The van der Waals surface area contributed by atoms with Crippen LogP contribution < -0.4 is 15.5 Å². The number of nitrogens with one attached hydrogen (secondary N) is 2. The van der Waals surface area contributed by atoms with E-state index >= 15 is 0 Å². The van der Waals surface area contributed by atoms with Crippen LogP contribution in [0.1, 0.15) is 18.1 Å². The Morgan fingerprint density at radius 1 is 0.941 bits per heavy atom. The first kappa shape index (κ1) is 25.6. The summed E-state index contributed by atoms with van der Waals surface area (Å²) in [4.78, 5) is 25.7. The Bertz CT molecular complexity index is 1170. The number of halogens is 3. The van der Waals surface area contributed by atoms with Crippen LogP contribution in [0.5, 0.6) is 5.75 Å². The fourth-order valence-electron chi connectivity index (χ4n) is 2.99. The minimum atomic E-state index is -0.920. The van der Waals surface area contributed by atoms with Crippen molar-refractivity contribution in [1.29, 1.82) is 0 Å². The number of nitrogens with zero attached hydrogens (tertiary/aromatic N) is 1. The summed E-state index contributed by atoms with van der Waals surface area (Å²) in [5.41, 5.74) is 3.98. The molecule has 3 aromatic carbocycles. The van der Waals surface area contributed by atoms with Crippen LogP contribution in [0, 0.1) is 0 Å². The molecule has 34 heavy (non-hydrogen) atoms. The summed E-state index contributed by atoms with van der Waals surface area (Å²) >= 11 is 18.1. The molecular formula is C25H22Cl3N3O3. The summed E-state index contributed by atoms with van der Waals surface area (Å²) < 4.78 is 5.67. The van der Waals surface area contributed by atoms with E-state index < -0.39 is 24.0 Å². The van der Waals surface area contributed by atoms with Crippen molar-refractivity contribution in [2.75, 3.05) is 0 Å². The Morgan fingerprint density at radius 2 is 1.65 bits per heavy atom. The summed E-state index contributed by atoms with van der Waals surface area (Å²) in [6.07, 6.45) is 0.779. The monoisotopic (exact) mass is 517 g/mol. The molecule has 2 atom stereocenters. The van der Waals surface area contributed by atoms with Gasteiger partial charge in [0.15, 0.2) is 6.10 Å². The third-order valence-corrected chi connectivity index (χ3v) is 5.64. The third-order valence-electron chi connectivity index (χ3n) is 4.77. The quantitative estimate of drug-likeness (QED) is 0.298. The van der Waals surface area contributed by atoms with Gasteiger partial charge in [-0.2, -0.15) is 5.10 Å². The SMILES string of the molecule is C[C@H](Oc1ccc(Cl)cc1Cl)C(=O)N[C@H](Cc1ccccc1)C(=O)N/N=C\c1ccccc1Cl. The van der Waals surface area contributed by atoms with E-state index in [1.807, 2.05) is 36.4 Å². The van der Waals surface area contributed by atoms with Gasteiger partial charge in [0.1, 0.15) is 11.8 Å². The second-order valence-corrected chi connectivity index (χ2v) is 8.59. The average Bonchev–Trinajstić information content (AvgIpc) is 2.82. The molecule has 0 saturated heterocycles. The minimum absolute atomic E-state index is 0.258. The highest BCUT2D eigenvalue weighted by Gasteiger charge is 2.25. The molecule has 0 saturated carbocycles. The summed E-state index contributed by atoms with van der Waals surface area (Å²) in [6, 6.07) is 20.2. The molecule has 0 fully saturated rings. The maximum atomic E-state index is 12.9. The Hall–Kier alpha value is -3.06. The van der Waals surface area contributed by atoms with Crippen molar-refractivity contribution >= 4 is 52.8 Å². The van der Waals surface area contributed by atoms with Gasteiger partial charge in [0.2, 0.25) is 0 Å². The summed E-state index contributed by atoms with van der Waals surface area (Å²) in [6.45, 7) is 1.56. The third kappa shape index (κ3) is 7.48. The second-order valence-electron chi connectivity index (χ2n) is 7.34. The zero-order valence-electron chi connectivity index (χ0n) is 18.2. The molecule has 2 amide bonds. The molecule has 3 aromatic rings. The molecule has 0 aliphatic rings. The van der Waals surface area contributed by atoms with Crippen LogP contribution >= 0.6 is 34.8 Å². The van der Waals surface area contributed by atoms with Crippen LogP contribution in [0.2, 0.25) is 15.1 Å². The molecule has 0 radical (unpaired) electrons. The Kier molecular flexibility index (Phi) is 9.33. The van der Waals surface area contributed by atoms with Gasteiger partial charge in [-0.25, -0.2) is 5.43 Å². The van der Waals surface area contributed by atoms with Gasteiger partial charge in [0.25, 0.3) is 11.8 Å². The van der Waals surface area contributed by atoms with Crippen LogP contribution in [-0.2, 0) is 16.0 Å². The van der Waals surface area contributed by atoms with E-state index in [0.717, 1.165) is 5.56 Å². The number of benzene rings is 3. The lowest BCUT2D eigenvalue weighted by Crippen LogP contribution is -2.50. The highest BCUT2D eigenvalue weighted by atomic mass is 35.5. The van der Waals surface area contributed by atoms with Crippen LogP contribution in [0.3, 0.4) is 0 Å². The Morgan fingerprint density at radius 3 is 2.35 bits per heavy atom. The largest absolute Gasteiger partial charge is 0.479 e. The van der Waals surface area contributed by atoms with E-state index in [1.54, 1.807) is 37.3 Å². The topological polar surface area (TPSA) is 79.8 Å². The Labute approximate surface area is 212 Å². The molecule has 176 valence electrons. The zero-order valence-corrected chi connectivity index (χ0v) is 20.4. The molecule has 0 bridgehead atoms. The minimum Gasteiger partial charge on any atom is -0.479 e. The van der Waals surface area contributed by atoms with Crippen molar-refractivity contribution in [1.82, 2.24) is 10.7 Å². The van der Waals surface area contributed by atoms with Gasteiger partial charge in [-0.05, 0) is 36.8 Å². The normalized spacial score (nSPS) is 12.7. The number of hydrazone groups is 1. The first-order valence-electron chi connectivity index (χ1n) is 10.4. The molecule has 9 heteroatoms. The molecule has 0 spiro atoms. The van der Waals surface area contributed by atoms with Crippen LogP contribution in [-0.4, -0.2) is 30.2 Å². The number of carbonyl (C=O) groups is 2. The van der Waals surface area contributed by atoms with E-state index in [-0.39, 0.29) is 11.4 Å². The summed E-state index contributed by atoms with van der Waals surface area (Å²) in [5.74, 6) is -0.670. The summed E-state index contributed by atoms with van der Waals surface area (Å²) in [7, 11) is 0. The fraction of sp³-hybridized carbons (Fsp3) is 0.160. The van der Waals surface area contributed by atoms with E-state index in [9.17, 15) is 9.59 Å². The molecule has 0 heterocycles. The maximum Gasteiger partial charge on any atom is 0.262 e. The van der Waals surface area contributed by atoms with Gasteiger partial charge < -0.3 is 10.1 Å². The van der Waals surface area contributed by atoms with Gasteiger partial charge in [-0.1, -0.05) is 83.3 Å². The van der Waals surface area contributed by atoms with Crippen molar-refractivity contribution in [3.05, 3.63) is 99.0 Å². The highest BCUT2D eigenvalue weighted by Crippen LogP contribution is 2.28. The second kappa shape index (κ2) is 12.4. The van der Waals surface area contributed by atoms with Crippen molar-refractivity contribution in [2.45, 2.75) is 25.5 Å². The van der Waals surface area contributed by atoms with Crippen LogP contribution in [0.4, 0.5) is 0 Å². The van der Waals surface area contributed by atoms with Crippen LogP contribution in [0.15, 0.2) is 77.9 Å². The lowest BCUT2D eigenvalue weighted by atomic mass is 10.1. The Balaban J connectivity index is 1.69. The van der Waals surface area contributed by atoms with E-state index in [4.69, 9.17) is 39.5 Å². The molecule has 6 nitrogen and oxygen atoms in total. The first-order valence-corrected chi connectivity index (χ1v) is 11.5. The smallest absolute Gasteiger partial charge is 0.262 e. The number of amides is 2. The van der Waals surface area contributed by atoms with Crippen LogP contribution in [0.25, 0.3) is 0 Å². The predicted molar refractivity (Wildman–Crippen MR) is 136 cm³/mol. The molecule has 3 rings (SSSR count). The maximum absolute atomic E-state index is 12.9. The van der Waals surface area contributed by atoms with Crippen molar-refractivity contribution < 1.29 is 14.3 Å². The number of hydrogen-bond donors (Lipinski definition) is 2. The van der Waals surface area contributed by atoms with Crippen molar-refractivity contribution in [3.8, 4) is 5.75 Å². The lowest BCUT2D eigenvalue weighted by molar-refractivity contribution is -0.132. The van der Waals surface area contributed by atoms with Gasteiger partial charge in [-0.15, -0.1) is 0 Å². The molecular weight excluding hydrogens is 497 g/mol. The molecule has 2 N–H and O–H groups in total. The van der Waals surface area contributed by atoms with E-state index in [2.05, 4.69) is 15.8 Å². The van der Waals surface area contributed by atoms with Crippen molar-refractivity contribution in [2.24, 2.45) is 5.10 Å². The average molecular weight is 519 g/mol. The lowest BCUT2D eigenvalue weighted by Gasteiger charge is -2.21. The number of rotatable bonds is 9. The van der Waals surface area contributed by atoms with Gasteiger partial charge in [-0.3, -0.25) is 9.59 Å². The standard InChI is InChI=1S/C25H22Cl3N3O3/c1-16(34-23-12-11-19(26)14-21(23)28)24(32)30-22(13-17-7-3-2-4-8-17)25(33)31-29-15-18-9-5-6-10-20(18)27/h2-12,14-16,22H,13H2,1H3,(H,30,32)(H,31,33)/b29-15-/t16-,22+/m0/s1. The number of carbonyl (C=O) groups excluding carboxylic acids is 2. The molecule has 0 unspecified atom stereocenters. The number of hydrogen-bond acceptors (Lipinski definition) is 4. The molecule has 0 aliphatic carbocycles. The van der Waals surface area contributed by atoms with Gasteiger partial charge in [0, 0.05) is 22.0 Å². The van der Waals surface area contributed by atoms with Gasteiger partial charge >= 0.3 is 0 Å². The fourth-order valence-corrected chi connectivity index (χ4v) is 3.62. The predicted octanol–water partition coefficient (Wildman–Crippen LogP) is 5.29. The highest BCUT2D eigenvalue weighted by molar-refractivity contribution is 6.35. The number of ether oxygens (including phenoxy) is 1. The van der Waals surface area contributed by atoms with Crippen molar-refractivity contribution in [3.63, 3.8) is 0 Å².